The number of hydrogen-bond donors (Lipinski definition) is 2. The largest absolute Gasteiger partial charge is 0.381 e. The summed E-state index contributed by atoms with van der Waals surface area (Å²) in [7, 11) is 0. The number of carbonyl (C=O) groups is 1. The average molecular weight is 309 g/mol. The minimum atomic E-state index is 0.0228. The Morgan fingerprint density at radius 3 is 2.87 bits per heavy atom. The summed E-state index contributed by atoms with van der Waals surface area (Å²) in [4.78, 5) is 16.4. The number of aromatic nitrogens is 1. The first-order valence-electron chi connectivity index (χ1n) is 8.21. The van der Waals surface area contributed by atoms with Crippen molar-refractivity contribution >= 4 is 11.6 Å². The predicted molar refractivity (Wildman–Crippen MR) is 92.6 cm³/mol. The topological polar surface area (TPSA) is 54.0 Å². The molecule has 4 nitrogen and oxygen atoms in total. The lowest BCUT2D eigenvalue weighted by Crippen LogP contribution is -2.32. The van der Waals surface area contributed by atoms with Crippen LogP contribution in [0.3, 0.4) is 0 Å². The number of nitrogens with zero attached hydrogens (tertiary/aromatic N) is 1. The van der Waals surface area contributed by atoms with E-state index in [-0.39, 0.29) is 5.91 Å². The highest BCUT2D eigenvalue weighted by Crippen LogP contribution is 2.23. The molecule has 0 spiro atoms. The second-order valence-corrected chi connectivity index (χ2v) is 6.45. The Labute approximate surface area is 137 Å². The molecule has 0 aliphatic carbocycles. The molecular weight excluding hydrogens is 286 g/mol. The minimum absolute atomic E-state index is 0.0228. The van der Waals surface area contributed by atoms with Crippen LogP contribution in [-0.4, -0.2) is 17.4 Å². The number of nitrogens with one attached hydrogen (secondary N) is 2. The van der Waals surface area contributed by atoms with Crippen LogP contribution >= 0.6 is 0 Å². The monoisotopic (exact) mass is 309 g/mol. The third-order valence-corrected chi connectivity index (χ3v) is 4.07. The van der Waals surface area contributed by atoms with Crippen molar-refractivity contribution in [3.05, 3.63) is 58.9 Å². The van der Waals surface area contributed by atoms with Crippen molar-refractivity contribution in [2.75, 3.05) is 11.9 Å². The maximum Gasteiger partial charge on any atom is 0.251 e. The van der Waals surface area contributed by atoms with Gasteiger partial charge in [0.1, 0.15) is 0 Å². The molecular formula is C19H23N3O. The summed E-state index contributed by atoms with van der Waals surface area (Å²) in [5.41, 5.74) is 5.23. The Hall–Kier alpha value is -2.36. The lowest BCUT2D eigenvalue weighted by Gasteiger charge is -2.20. The zero-order chi connectivity index (χ0) is 16.2. The van der Waals surface area contributed by atoms with Crippen molar-refractivity contribution in [3.63, 3.8) is 0 Å². The van der Waals surface area contributed by atoms with Gasteiger partial charge in [0.05, 0.1) is 0 Å². The number of hydrogen-bond acceptors (Lipinski definition) is 3. The van der Waals surface area contributed by atoms with Gasteiger partial charge in [-0.2, -0.15) is 0 Å². The normalized spacial score (nSPS) is 13.6. The van der Waals surface area contributed by atoms with Gasteiger partial charge in [-0.3, -0.25) is 9.78 Å². The van der Waals surface area contributed by atoms with Gasteiger partial charge in [-0.25, -0.2) is 0 Å². The number of anilines is 1. The molecule has 1 amide bonds. The van der Waals surface area contributed by atoms with Gasteiger partial charge in [-0.15, -0.1) is 0 Å². The van der Waals surface area contributed by atoms with E-state index in [1.165, 1.54) is 0 Å². The quantitative estimate of drug-likeness (QED) is 0.892. The SMILES string of the molecule is CC(C)Cc1ccc(CNc2cccc3c2CCNC3=O)cn1. The van der Waals surface area contributed by atoms with Gasteiger partial charge in [0, 0.05) is 36.2 Å². The highest BCUT2D eigenvalue weighted by atomic mass is 16.1. The number of carbonyl (C=O) groups excluding carboxylic acids is 1. The summed E-state index contributed by atoms with van der Waals surface area (Å²) < 4.78 is 0. The summed E-state index contributed by atoms with van der Waals surface area (Å²) in [6.45, 7) is 5.82. The molecule has 1 aromatic carbocycles. The lowest BCUT2D eigenvalue weighted by atomic mass is 9.98. The van der Waals surface area contributed by atoms with Crippen LogP contribution in [0, 0.1) is 5.92 Å². The zero-order valence-corrected chi connectivity index (χ0v) is 13.7. The third-order valence-electron chi connectivity index (χ3n) is 4.07. The molecule has 2 aromatic rings. The number of pyridine rings is 1. The van der Waals surface area contributed by atoms with Crippen LogP contribution in [0.2, 0.25) is 0 Å². The fourth-order valence-electron chi connectivity index (χ4n) is 2.93. The molecule has 4 heteroatoms. The van der Waals surface area contributed by atoms with E-state index in [1.54, 1.807) is 0 Å². The average Bonchev–Trinajstić information content (AvgIpc) is 2.54. The molecule has 1 aliphatic rings. The Bertz CT molecular complexity index is 692. The minimum Gasteiger partial charge on any atom is -0.381 e. The molecule has 2 heterocycles. The van der Waals surface area contributed by atoms with Crippen LogP contribution in [0.4, 0.5) is 5.69 Å². The van der Waals surface area contributed by atoms with Crippen molar-refractivity contribution in [2.45, 2.75) is 33.2 Å². The third kappa shape index (κ3) is 3.70. The number of rotatable bonds is 5. The maximum atomic E-state index is 11.9. The number of amides is 1. The molecule has 120 valence electrons. The summed E-state index contributed by atoms with van der Waals surface area (Å²) in [6.07, 6.45) is 3.82. The second kappa shape index (κ2) is 6.82. The van der Waals surface area contributed by atoms with E-state index in [2.05, 4.69) is 41.6 Å². The predicted octanol–water partition coefficient (Wildman–Crippen LogP) is 3.18. The van der Waals surface area contributed by atoms with Gasteiger partial charge < -0.3 is 10.6 Å². The molecule has 0 atom stereocenters. The molecule has 0 saturated heterocycles. The molecule has 0 fully saturated rings. The summed E-state index contributed by atoms with van der Waals surface area (Å²) in [5, 5.41) is 6.33. The fourth-order valence-corrected chi connectivity index (χ4v) is 2.93. The van der Waals surface area contributed by atoms with E-state index in [4.69, 9.17) is 0 Å². The van der Waals surface area contributed by atoms with E-state index in [1.807, 2.05) is 24.4 Å². The first kappa shape index (κ1) is 15.5. The van der Waals surface area contributed by atoms with Gasteiger partial charge in [0.25, 0.3) is 5.91 Å². The summed E-state index contributed by atoms with van der Waals surface area (Å²) in [5.74, 6) is 0.642. The van der Waals surface area contributed by atoms with E-state index in [0.717, 1.165) is 40.9 Å². The molecule has 1 aliphatic heterocycles. The maximum absolute atomic E-state index is 11.9. The second-order valence-electron chi connectivity index (χ2n) is 6.45. The Morgan fingerprint density at radius 1 is 1.26 bits per heavy atom. The van der Waals surface area contributed by atoms with Gasteiger partial charge in [-0.1, -0.05) is 26.0 Å². The Kier molecular flexibility index (Phi) is 4.60. The van der Waals surface area contributed by atoms with Gasteiger partial charge in [-0.05, 0) is 48.1 Å². The fraction of sp³-hybridized carbons (Fsp3) is 0.368. The highest BCUT2D eigenvalue weighted by molar-refractivity contribution is 5.98. The first-order chi connectivity index (χ1) is 11.1. The molecule has 1 aromatic heterocycles. The van der Waals surface area contributed by atoms with E-state index in [9.17, 15) is 4.79 Å². The van der Waals surface area contributed by atoms with Crippen LogP contribution in [0.1, 0.15) is 41.0 Å². The lowest BCUT2D eigenvalue weighted by molar-refractivity contribution is 0.0946. The van der Waals surface area contributed by atoms with Crippen LogP contribution < -0.4 is 10.6 Å². The smallest absolute Gasteiger partial charge is 0.251 e. The standard InChI is InChI=1S/C19H23N3O/c1-13(2)10-15-7-6-14(11-21-15)12-22-18-5-3-4-17-16(18)8-9-20-19(17)23/h3-7,11,13,22H,8-10,12H2,1-2H3,(H,20,23). The highest BCUT2D eigenvalue weighted by Gasteiger charge is 2.18. The zero-order valence-electron chi connectivity index (χ0n) is 13.7. The van der Waals surface area contributed by atoms with E-state index >= 15 is 0 Å². The molecule has 0 bridgehead atoms. The van der Waals surface area contributed by atoms with Crippen molar-refractivity contribution in [2.24, 2.45) is 5.92 Å². The summed E-state index contributed by atoms with van der Waals surface area (Å²) >= 11 is 0. The van der Waals surface area contributed by atoms with Gasteiger partial charge in [0.2, 0.25) is 0 Å². The van der Waals surface area contributed by atoms with Crippen LogP contribution in [0.5, 0.6) is 0 Å². The van der Waals surface area contributed by atoms with Crippen LogP contribution in [0.25, 0.3) is 0 Å². The molecule has 3 rings (SSSR count). The van der Waals surface area contributed by atoms with Gasteiger partial charge in [0.15, 0.2) is 0 Å². The van der Waals surface area contributed by atoms with Crippen molar-refractivity contribution < 1.29 is 4.79 Å². The molecule has 23 heavy (non-hydrogen) atoms. The Morgan fingerprint density at radius 2 is 2.13 bits per heavy atom. The van der Waals surface area contributed by atoms with E-state index in [0.29, 0.717) is 19.0 Å². The van der Waals surface area contributed by atoms with Crippen molar-refractivity contribution in [3.8, 4) is 0 Å². The molecule has 0 radical (unpaired) electrons. The molecule has 0 saturated carbocycles. The van der Waals surface area contributed by atoms with Crippen LogP contribution in [0.15, 0.2) is 36.5 Å². The first-order valence-corrected chi connectivity index (χ1v) is 8.21. The van der Waals surface area contributed by atoms with E-state index < -0.39 is 0 Å². The Balaban J connectivity index is 1.69. The number of benzene rings is 1. The van der Waals surface area contributed by atoms with Crippen molar-refractivity contribution in [1.29, 1.82) is 0 Å². The van der Waals surface area contributed by atoms with Gasteiger partial charge >= 0.3 is 0 Å². The van der Waals surface area contributed by atoms with Crippen molar-refractivity contribution in [1.82, 2.24) is 10.3 Å². The molecule has 0 unspecified atom stereocenters. The summed E-state index contributed by atoms with van der Waals surface area (Å²) in [6, 6.07) is 10.1. The van der Waals surface area contributed by atoms with Crippen LogP contribution in [-0.2, 0) is 19.4 Å². The number of fused-ring (bicyclic) bond motifs is 1. The molecule has 2 N–H and O–H groups in total.